The number of Topliss-reactive ketones (excluding diaryl/α,β-unsaturated/α-hetero) is 1. The number of allylic oxidation sites excluding steroid dienone is 1. The van der Waals surface area contributed by atoms with Gasteiger partial charge < -0.3 is 5.11 Å². The Balaban J connectivity index is 1.95. The average Bonchev–Trinajstić information content (AvgIpc) is 2.96. The molecule has 146 valence electrons. The van der Waals surface area contributed by atoms with Crippen LogP contribution in [-0.4, -0.2) is 21.8 Å². The number of nitrogens with zero attached hydrogens (tertiary/aromatic N) is 1. The second-order valence-corrected chi connectivity index (χ2v) is 7.32. The molecule has 1 aliphatic rings. The maximum Gasteiger partial charge on any atom is 0.303 e. The number of ketones is 1. The summed E-state index contributed by atoms with van der Waals surface area (Å²) >= 11 is 6.11. The van der Waals surface area contributed by atoms with Crippen molar-refractivity contribution in [2.24, 2.45) is 11.8 Å². The van der Waals surface area contributed by atoms with E-state index >= 15 is 0 Å². The number of carboxylic acid groups (broad SMARTS) is 1. The minimum atomic E-state index is -0.778. The molecule has 0 amide bonds. The summed E-state index contributed by atoms with van der Waals surface area (Å²) in [5.41, 5.74) is 0.328. The number of hydrogen-bond donors (Lipinski definition) is 1. The number of nitro groups is 1. The molecule has 7 heteroatoms. The summed E-state index contributed by atoms with van der Waals surface area (Å²) in [4.78, 5) is 33.4. The highest BCUT2D eigenvalue weighted by molar-refractivity contribution is 6.32. The van der Waals surface area contributed by atoms with Crippen LogP contribution in [0.1, 0.15) is 56.9 Å². The Labute approximate surface area is 163 Å². The van der Waals surface area contributed by atoms with Gasteiger partial charge in [0.05, 0.1) is 15.5 Å². The Morgan fingerprint density at radius 1 is 1.30 bits per heavy atom. The first-order valence-electron chi connectivity index (χ1n) is 9.25. The van der Waals surface area contributed by atoms with Crippen molar-refractivity contribution in [3.05, 3.63) is 45.0 Å². The van der Waals surface area contributed by atoms with E-state index in [1.54, 1.807) is 18.2 Å². The fourth-order valence-electron chi connectivity index (χ4n) is 3.60. The smallest absolute Gasteiger partial charge is 0.303 e. The van der Waals surface area contributed by atoms with E-state index in [9.17, 15) is 19.7 Å². The van der Waals surface area contributed by atoms with Crippen LogP contribution in [-0.2, 0) is 9.59 Å². The van der Waals surface area contributed by atoms with Crippen LogP contribution in [0, 0.1) is 22.0 Å². The molecule has 0 saturated heterocycles. The molecular weight excluding hydrogens is 370 g/mol. The fourth-order valence-corrected chi connectivity index (χ4v) is 3.84. The van der Waals surface area contributed by atoms with Crippen LogP contribution in [0.25, 0.3) is 6.08 Å². The van der Waals surface area contributed by atoms with Crippen LogP contribution in [0.15, 0.2) is 24.3 Å². The van der Waals surface area contributed by atoms with Gasteiger partial charge in [0.25, 0.3) is 5.69 Å². The van der Waals surface area contributed by atoms with Crippen molar-refractivity contribution in [2.75, 3.05) is 0 Å². The number of halogens is 1. The molecule has 0 aromatic heterocycles. The van der Waals surface area contributed by atoms with Gasteiger partial charge in [-0.25, -0.2) is 0 Å². The lowest BCUT2D eigenvalue weighted by Gasteiger charge is -2.15. The second kappa shape index (κ2) is 10.2. The van der Waals surface area contributed by atoms with E-state index in [-0.39, 0.29) is 29.7 Å². The largest absolute Gasteiger partial charge is 0.481 e. The van der Waals surface area contributed by atoms with Gasteiger partial charge in [0.15, 0.2) is 0 Å². The van der Waals surface area contributed by atoms with E-state index < -0.39 is 10.9 Å². The highest BCUT2D eigenvalue weighted by atomic mass is 35.5. The minimum Gasteiger partial charge on any atom is -0.481 e. The maximum absolute atomic E-state index is 12.2. The Hall–Kier alpha value is -2.21. The first-order valence-corrected chi connectivity index (χ1v) is 9.63. The molecule has 1 aliphatic carbocycles. The molecule has 0 radical (unpaired) electrons. The SMILES string of the molecule is O=C(O)CCCCCC[C@@H]1C(=O)CC[C@H]1C=Cc1c(Cl)cccc1[N+](=O)[O-]. The van der Waals surface area contributed by atoms with Crippen molar-refractivity contribution < 1.29 is 19.6 Å². The number of aliphatic carboxylic acids is 1. The highest BCUT2D eigenvalue weighted by Gasteiger charge is 2.32. The lowest BCUT2D eigenvalue weighted by atomic mass is 9.89. The van der Waals surface area contributed by atoms with Crippen molar-refractivity contribution in [1.29, 1.82) is 0 Å². The van der Waals surface area contributed by atoms with Crippen LogP contribution in [0.4, 0.5) is 5.69 Å². The molecule has 0 bridgehead atoms. The summed E-state index contributed by atoms with van der Waals surface area (Å²) in [5, 5.41) is 20.1. The van der Waals surface area contributed by atoms with Crippen molar-refractivity contribution >= 4 is 35.1 Å². The van der Waals surface area contributed by atoms with E-state index in [4.69, 9.17) is 16.7 Å². The number of carboxylic acids is 1. The quantitative estimate of drug-likeness (QED) is 0.331. The number of unbranched alkanes of at least 4 members (excludes halogenated alkanes) is 3. The summed E-state index contributed by atoms with van der Waals surface area (Å²) in [5.74, 6) is -0.543. The number of hydrogen-bond acceptors (Lipinski definition) is 4. The predicted octanol–water partition coefficient (Wildman–Crippen LogP) is 5.28. The first-order chi connectivity index (χ1) is 12.9. The van der Waals surface area contributed by atoms with Crippen molar-refractivity contribution in [1.82, 2.24) is 0 Å². The molecule has 2 atom stereocenters. The summed E-state index contributed by atoms with van der Waals surface area (Å²) in [6.45, 7) is 0. The standard InChI is InChI=1S/C20H24ClNO5/c21-17-7-5-8-18(22(26)27)16(17)12-10-14-11-13-19(23)15(14)6-3-1-2-4-9-20(24)25/h5,7-8,10,12,14-15H,1-4,6,9,11,13H2,(H,24,25)/t14-,15+/m1/s1. The van der Waals surface area contributed by atoms with Crippen LogP contribution in [0.2, 0.25) is 5.02 Å². The van der Waals surface area contributed by atoms with Crippen molar-refractivity contribution in [3.63, 3.8) is 0 Å². The average molecular weight is 394 g/mol. The molecule has 2 rings (SSSR count). The fraction of sp³-hybridized carbons (Fsp3) is 0.500. The van der Waals surface area contributed by atoms with Crippen LogP contribution in [0.3, 0.4) is 0 Å². The highest BCUT2D eigenvalue weighted by Crippen LogP contribution is 2.35. The van der Waals surface area contributed by atoms with Crippen LogP contribution < -0.4 is 0 Å². The molecule has 1 fully saturated rings. The minimum absolute atomic E-state index is 0.0435. The normalized spacial score (nSPS) is 19.7. The molecule has 0 spiro atoms. The first kappa shape index (κ1) is 21.1. The van der Waals surface area contributed by atoms with Gasteiger partial charge in [0, 0.05) is 24.8 Å². The van der Waals surface area contributed by atoms with Gasteiger partial charge in [-0.2, -0.15) is 0 Å². The van der Waals surface area contributed by atoms with E-state index in [1.165, 1.54) is 6.07 Å². The Morgan fingerprint density at radius 2 is 2.04 bits per heavy atom. The van der Waals surface area contributed by atoms with Gasteiger partial charge in [0.1, 0.15) is 5.78 Å². The van der Waals surface area contributed by atoms with Gasteiger partial charge in [-0.05, 0) is 31.2 Å². The summed E-state index contributed by atoms with van der Waals surface area (Å²) < 4.78 is 0. The zero-order chi connectivity index (χ0) is 19.8. The molecule has 27 heavy (non-hydrogen) atoms. The van der Waals surface area contributed by atoms with Gasteiger partial charge >= 0.3 is 5.97 Å². The van der Waals surface area contributed by atoms with Crippen LogP contribution in [0.5, 0.6) is 0 Å². The maximum atomic E-state index is 12.2. The third kappa shape index (κ3) is 6.17. The monoisotopic (exact) mass is 393 g/mol. The molecule has 0 unspecified atom stereocenters. The van der Waals surface area contributed by atoms with E-state index in [0.29, 0.717) is 23.4 Å². The number of benzene rings is 1. The van der Waals surface area contributed by atoms with Gasteiger partial charge in [0.2, 0.25) is 0 Å². The number of rotatable bonds is 10. The molecule has 1 aromatic rings. The third-order valence-electron chi connectivity index (χ3n) is 5.05. The Bertz CT molecular complexity index is 731. The van der Waals surface area contributed by atoms with E-state index in [0.717, 1.165) is 32.1 Å². The summed E-state index contributed by atoms with van der Waals surface area (Å²) in [6.07, 6.45) is 9.08. The molecule has 0 aliphatic heterocycles. The number of carbonyl (C=O) groups excluding carboxylic acids is 1. The topological polar surface area (TPSA) is 97.5 Å². The Kier molecular flexibility index (Phi) is 7.98. The molecule has 1 aromatic carbocycles. The number of nitro benzene ring substituents is 1. The van der Waals surface area contributed by atoms with E-state index in [2.05, 4.69) is 0 Å². The molecular formula is C20H24ClNO5. The lowest BCUT2D eigenvalue weighted by Crippen LogP contribution is -2.13. The molecule has 0 heterocycles. The third-order valence-corrected chi connectivity index (χ3v) is 5.38. The molecule has 6 nitrogen and oxygen atoms in total. The van der Waals surface area contributed by atoms with Crippen molar-refractivity contribution in [2.45, 2.75) is 51.4 Å². The van der Waals surface area contributed by atoms with Gasteiger partial charge in [-0.3, -0.25) is 19.7 Å². The zero-order valence-electron chi connectivity index (χ0n) is 15.1. The summed E-state index contributed by atoms with van der Waals surface area (Å²) in [6, 6.07) is 4.58. The summed E-state index contributed by atoms with van der Waals surface area (Å²) in [7, 11) is 0. The van der Waals surface area contributed by atoms with Gasteiger partial charge in [-0.1, -0.05) is 49.1 Å². The lowest BCUT2D eigenvalue weighted by molar-refractivity contribution is -0.385. The zero-order valence-corrected chi connectivity index (χ0v) is 15.9. The van der Waals surface area contributed by atoms with Crippen LogP contribution >= 0.6 is 11.6 Å². The Morgan fingerprint density at radius 3 is 2.74 bits per heavy atom. The van der Waals surface area contributed by atoms with Gasteiger partial charge in [-0.15, -0.1) is 0 Å². The molecule has 1 saturated carbocycles. The number of carbonyl (C=O) groups is 2. The molecule has 1 N–H and O–H groups in total. The predicted molar refractivity (Wildman–Crippen MR) is 104 cm³/mol. The van der Waals surface area contributed by atoms with E-state index in [1.807, 2.05) is 6.08 Å². The second-order valence-electron chi connectivity index (χ2n) is 6.91. The van der Waals surface area contributed by atoms with Crippen molar-refractivity contribution in [3.8, 4) is 0 Å².